The van der Waals surface area contributed by atoms with Gasteiger partial charge in [0, 0.05) is 12.5 Å². The summed E-state index contributed by atoms with van der Waals surface area (Å²) in [4.78, 5) is 0. The highest BCUT2D eigenvalue weighted by molar-refractivity contribution is 5.10. The molecule has 1 saturated carbocycles. The molecule has 0 amide bonds. The van der Waals surface area contributed by atoms with Gasteiger partial charge in [0.2, 0.25) is 0 Å². The molecule has 2 rings (SSSR count). The molecule has 1 aliphatic carbocycles. The minimum Gasteiger partial charge on any atom is -0.469 e. The molecular weight excluding hydrogens is 162 g/mol. The Morgan fingerprint density at radius 1 is 1.62 bits per heavy atom. The molecule has 1 fully saturated rings. The Morgan fingerprint density at radius 3 is 2.85 bits per heavy atom. The third-order valence-corrected chi connectivity index (χ3v) is 3.35. The van der Waals surface area contributed by atoms with Crippen LogP contribution in [0.25, 0.3) is 0 Å². The van der Waals surface area contributed by atoms with Crippen molar-refractivity contribution in [2.45, 2.75) is 32.2 Å². The molecular formula is C11H17NO. The Bertz CT molecular complexity index is 262. The van der Waals surface area contributed by atoms with Crippen molar-refractivity contribution in [1.29, 1.82) is 0 Å². The van der Waals surface area contributed by atoms with E-state index in [-0.39, 0.29) is 0 Å². The normalized spacial score (nSPS) is 21.4. The molecule has 0 aromatic carbocycles. The van der Waals surface area contributed by atoms with Gasteiger partial charge in [-0.15, -0.1) is 0 Å². The average Bonchev–Trinajstić information content (AvgIpc) is 2.73. The maximum absolute atomic E-state index is 5.38. The van der Waals surface area contributed by atoms with Crippen LogP contribution in [-0.2, 0) is 6.42 Å². The van der Waals surface area contributed by atoms with Crippen molar-refractivity contribution in [3.05, 3.63) is 24.2 Å². The molecule has 0 bridgehead atoms. The predicted molar refractivity (Wildman–Crippen MR) is 52.6 cm³/mol. The van der Waals surface area contributed by atoms with E-state index in [9.17, 15) is 0 Å². The van der Waals surface area contributed by atoms with Crippen molar-refractivity contribution in [3.8, 4) is 0 Å². The van der Waals surface area contributed by atoms with E-state index in [1.807, 2.05) is 13.1 Å². The van der Waals surface area contributed by atoms with Crippen LogP contribution in [0, 0.1) is 5.41 Å². The van der Waals surface area contributed by atoms with Gasteiger partial charge < -0.3 is 9.73 Å². The lowest BCUT2D eigenvalue weighted by Gasteiger charge is -2.21. The van der Waals surface area contributed by atoms with Gasteiger partial charge in [0.15, 0.2) is 0 Å². The SMILES string of the molecule is CNC(C)C1(Cc2ccco2)CC1. The van der Waals surface area contributed by atoms with E-state index in [1.165, 1.54) is 12.8 Å². The van der Waals surface area contributed by atoms with Crippen molar-refractivity contribution in [1.82, 2.24) is 5.32 Å². The highest BCUT2D eigenvalue weighted by Gasteiger charge is 2.47. The molecule has 1 unspecified atom stereocenters. The number of hydrogen-bond acceptors (Lipinski definition) is 2. The largest absolute Gasteiger partial charge is 0.469 e. The standard InChI is InChI=1S/C11H17NO/c1-9(12-2)11(5-6-11)8-10-4-3-7-13-10/h3-4,7,9,12H,5-6,8H2,1-2H3. The fourth-order valence-electron chi connectivity index (χ4n) is 1.99. The van der Waals surface area contributed by atoms with Gasteiger partial charge in [0.05, 0.1) is 6.26 Å². The lowest BCUT2D eigenvalue weighted by atomic mass is 9.93. The number of nitrogens with one attached hydrogen (secondary N) is 1. The molecule has 0 radical (unpaired) electrons. The molecule has 0 spiro atoms. The van der Waals surface area contributed by atoms with E-state index >= 15 is 0 Å². The summed E-state index contributed by atoms with van der Waals surface area (Å²) in [7, 11) is 2.03. The van der Waals surface area contributed by atoms with Crippen molar-refractivity contribution in [3.63, 3.8) is 0 Å². The fraction of sp³-hybridized carbons (Fsp3) is 0.636. The highest BCUT2D eigenvalue weighted by Crippen LogP contribution is 2.51. The summed E-state index contributed by atoms with van der Waals surface area (Å²) in [6.07, 6.45) is 5.50. The van der Waals surface area contributed by atoms with E-state index in [1.54, 1.807) is 6.26 Å². The zero-order valence-electron chi connectivity index (χ0n) is 8.34. The van der Waals surface area contributed by atoms with Gasteiger partial charge in [-0.1, -0.05) is 0 Å². The number of furan rings is 1. The Morgan fingerprint density at radius 2 is 2.38 bits per heavy atom. The van der Waals surface area contributed by atoms with Crippen LogP contribution in [0.1, 0.15) is 25.5 Å². The van der Waals surface area contributed by atoms with Crippen LogP contribution in [0.15, 0.2) is 22.8 Å². The molecule has 1 heterocycles. The summed E-state index contributed by atoms with van der Waals surface area (Å²) in [6.45, 7) is 2.26. The second-order valence-electron chi connectivity index (χ2n) is 4.13. The Kier molecular flexibility index (Phi) is 2.16. The molecule has 1 aromatic heterocycles. The van der Waals surface area contributed by atoms with Crippen LogP contribution in [0.5, 0.6) is 0 Å². The van der Waals surface area contributed by atoms with E-state index in [0.29, 0.717) is 11.5 Å². The third kappa shape index (κ3) is 1.63. The molecule has 1 aliphatic rings. The molecule has 13 heavy (non-hydrogen) atoms. The fourth-order valence-corrected chi connectivity index (χ4v) is 1.99. The maximum Gasteiger partial charge on any atom is 0.104 e. The van der Waals surface area contributed by atoms with Crippen molar-refractivity contribution >= 4 is 0 Å². The van der Waals surface area contributed by atoms with Crippen LogP contribution >= 0.6 is 0 Å². The maximum atomic E-state index is 5.38. The zero-order valence-corrected chi connectivity index (χ0v) is 8.34. The summed E-state index contributed by atoms with van der Waals surface area (Å²) in [5.41, 5.74) is 0.479. The van der Waals surface area contributed by atoms with Gasteiger partial charge in [-0.3, -0.25) is 0 Å². The predicted octanol–water partition coefficient (Wildman–Crippen LogP) is 2.21. The molecule has 2 heteroatoms. The van der Waals surface area contributed by atoms with E-state index in [4.69, 9.17) is 4.42 Å². The first-order chi connectivity index (χ1) is 6.27. The van der Waals surface area contributed by atoms with Crippen LogP contribution in [-0.4, -0.2) is 13.1 Å². The highest BCUT2D eigenvalue weighted by atomic mass is 16.3. The van der Waals surface area contributed by atoms with E-state index in [0.717, 1.165) is 12.2 Å². The van der Waals surface area contributed by atoms with Crippen LogP contribution < -0.4 is 5.32 Å². The second kappa shape index (κ2) is 3.18. The Labute approximate surface area is 79.3 Å². The molecule has 1 atom stereocenters. The van der Waals surface area contributed by atoms with Gasteiger partial charge in [-0.05, 0) is 44.4 Å². The zero-order chi connectivity index (χ0) is 9.31. The molecule has 0 aliphatic heterocycles. The van der Waals surface area contributed by atoms with Gasteiger partial charge in [-0.2, -0.15) is 0 Å². The summed E-state index contributed by atoms with van der Waals surface area (Å²) in [5.74, 6) is 1.12. The van der Waals surface area contributed by atoms with E-state index in [2.05, 4.69) is 18.3 Å². The third-order valence-electron chi connectivity index (χ3n) is 3.35. The number of hydrogen-bond donors (Lipinski definition) is 1. The first-order valence-corrected chi connectivity index (χ1v) is 4.96. The van der Waals surface area contributed by atoms with Gasteiger partial charge >= 0.3 is 0 Å². The monoisotopic (exact) mass is 179 g/mol. The lowest BCUT2D eigenvalue weighted by molar-refractivity contribution is 0.340. The van der Waals surface area contributed by atoms with Crippen LogP contribution in [0.4, 0.5) is 0 Å². The minimum atomic E-state index is 0.479. The molecule has 1 N–H and O–H groups in total. The summed E-state index contributed by atoms with van der Waals surface area (Å²) in [6, 6.07) is 4.63. The molecule has 1 aromatic rings. The lowest BCUT2D eigenvalue weighted by Crippen LogP contribution is -2.33. The van der Waals surface area contributed by atoms with E-state index < -0.39 is 0 Å². The van der Waals surface area contributed by atoms with Crippen molar-refractivity contribution in [2.24, 2.45) is 5.41 Å². The van der Waals surface area contributed by atoms with Crippen molar-refractivity contribution in [2.75, 3.05) is 7.05 Å². The average molecular weight is 179 g/mol. The molecule has 0 saturated heterocycles. The Balaban J connectivity index is 2.01. The van der Waals surface area contributed by atoms with Crippen molar-refractivity contribution < 1.29 is 4.42 Å². The summed E-state index contributed by atoms with van der Waals surface area (Å²) >= 11 is 0. The first-order valence-electron chi connectivity index (χ1n) is 4.96. The number of rotatable bonds is 4. The van der Waals surface area contributed by atoms with Gasteiger partial charge in [0.25, 0.3) is 0 Å². The second-order valence-corrected chi connectivity index (χ2v) is 4.13. The smallest absolute Gasteiger partial charge is 0.104 e. The van der Waals surface area contributed by atoms with Gasteiger partial charge in [-0.25, -0.2) is 0 Å². The first kappa shape index (κ1) is 8.82. The minimum absolute atomic E-state index is 0.479. The summed E-state index contributed by atoms with van der Waals surface area (Å²) < 4.78 is 5.38. The topological polar surface area (TPSA) is 25.2 Å². The molecule has 2 nitrogen and oxygen atoms in total. The summed E-state index contributed by atoms with van der Waals surface area (Å²) in [5, 5.41) is 3.34. The Hall–Kier alpha value is -0.760. The van der Waals surface area contributed by atoms with Crippen LogP contribution in [0.3, 0.4) is 0 Å². The van der Waals surface area contributed by atoms with Crippen LogP contribution in [0.2, 0.25) is 0 Å². The van der Waals surface area contributed by atoms with Gasteiger partial charge in [0.1, 0.15) is 5.76 Å². The molecule has 72 valence electrons. The quantitative estimate of drug-likeness (QED) is 0.766.